The van der Waals surface area contributed by atoms with Crippen LogP contribution in [0.1, 0.15) is 24.1 Å². The van der Waals surface area contributed by atoms with Crippen molar-refractivity contribution in [1.82, 2.24) is 9.88 Å². The lowest BCUT2D eigenvalue weighted by atomic mass is 10.0. The maximum Gasteiger partial charge on any atom is 0.181 e. The van der Waals surface area contributed by atoms with Crippen LogP contribution in [-0.2, 0) is 16.0 Å². The summed E-state index contributed by atoms with van der Waals surface area (Å²) in [5, 5.41) is 0. The first-order valence-corrected chi connectivity index (χ1v) is 6.68. The molecule has 0 saturated carbocycles. The number of rotatable bonds is 2. The van der Waals surface area contributed by atoms with Crippen LogP contribution in [-0.4, -0.2) is 42.0 Å². The highest BCUT2D eigenvalue weighted by Gasteiger charge is 2.40. The summed E-state index contributed by atoms with van der Waals surface area (Å²) in [6.07, 6.45) is 4.08. The topological polar surface area (TPSA) is 34.6 Å². The summed E-state index contributed by atoms with van der Waals surface area (Å²) in [5.74, 6) is -0.330. The quantitative estimate of drug-likeness (QED) is 0.798. The van der Waals surface area contributed by atoms with Gasteiger partial charge in [0.1, 0.15) is 0 Å². The van der Waals surface area contributed by atoms with Crippen molar-refractivity contribution < 1.29 is 9.47 Å². The van der Waals surface area contributed by atoms with E-state index in [2.05, 4.69) is 28.9 Å². The van der Waals surface area contributed by atoms with Crippen molar-refractivity contribution in [1.29, 1.82) is 0 Å². The smallest absolute Gasteiger partial charge is 0.181 e. The fraction of sp³-hybridized carbons (Fsp3) is 0.643. The zero-order valence-corrected chi connectivity index (χ0v) is 10.9. The van der Waals surface area contributed by atoms with Gasteiger partial charge < -0.3 is 9.47 Å². The molecule has 1 aromatic rings. The van der Waals surface area contributed by atoms with Crippen LogP contribution in [0.15, 0.2) is 18.3 Å². The van der Waals surface area contributed by atoms with Gasteiger partial charge in [0.05, 0.1) is 25.5 Å². The molecule has 0 radical (unpaired) electrons. The zero-order valence-electron chi connectivity index (χ0n) is 10.9. The number of aryl methyl sites for hydroxylation is 1. The average molecular weight is 248 g/mol. The van der Waals surface area contributed by atoms with Crippen LogP contribution in [0.4, 0.5) is 0 Å². The summed E-state index contributed by atoms with van der Waals surface area (Å²) < 4.78 is 11.6. The minimum Gasteiger partial charge on any atom is -0.346 e. The molecule has 3 rings (SSSR count). The van der Waals surface area contributed by atoms with Gasteiger partial charge in [-0.3, -0.25) is 9.88 Å². The molecule has 1 spiro atoms. The van der Waals surface area contributed by atoms with Gasteiger partial charge in [0.2, 0.25) is 0 Å². The lowest BCUT2D eigenvalue weighted by molar-refractivity contribution is -0.190. The molecule has 2 aliphatic heterocycles. The lowest BCUT2D eigenvalue weighted by Gasteiger charge is -2.38. The first-order valence-electron chi connectivity index (χ1n) is 6.68. The highest BCUT2D eigenvalue weighted by molar-refractivity contribution is 5.12. The van der Waals surface area contributed by atoms with Gasteiger partial charge in [-0.15, -0.1) is 0 Å². The van der Waals surface area contributed by atoms with E-state index in [0.29, 0.717) is 0 Å². The number of ether oxygens (including phenoxy) is 2. The number of aromatic nitrogens is 1. The zero-order chi connectivity index (χ0) is 12.4. The Morgan fingerprint density at radius 1 is 1.33 bits per heavy atom. The van der Waals surface area contributed by atoms with Crippen LogP contribution in [0.25, 0.3) is 0 Å². The summed E-state index contributed by atoms with van der Waals surface area (Å²) in [7, 11) is 0. The third-order valence-electron chi connectivity index (χ3n) is 3.67. The number of likely N-dealkylation sites (tertiary alicyclic amines) is 1. The van der Waals surface area contributed by atoms with Crippen LogP contribution >= 0.6 is 0 Å². The maximum atomic E-state index is 5.78. The number of pyridine rings is 1. The Kier molecular flexibility index (Phi) is 3.33. The van der Waals surface area contributed by atoms with Gasteiger partial charge in [0.25, 0.3) is 0 Å². The van der Waals surface area contributed by atoms with Gasteiger partial charge in [-0.1, -0.05) is 6.07 Å². The highest BCUT2D eigenvalue weighted by Crippen LogP contribution is 2.30. The third kappa shape index (κ3) is 2.55. The Bertz CT molecular complexity index is 399. The van der Waals surface area contributed by atoms with Gasteiger partial charge in [-0.25, -0.2) is 0 Å². The normalized spacial score (nSPS) is 23.6. The van der Waals surface area contributed by atoms with Gasteiger partial charge >= 0.3 is 0 Å². The Balaban J connectivity index is 1.64. The Morgan fingerprint density at radius 2 is 2.17 bits per heavy atom. The van der Waals surface area contributed by atoms with Crippen molar-refractivity contribution in [2.24, 2.45) is 0 Å². The van der Waals surface area contributed by atoms with Crippen LogP contribution in [0, 0.1) is 6.92 Å². The number of piperidine rings is 1. The summed E-state index contributed by atoms with van der Waals surface area (Å²) in [4.78, 5) is 6.85. The second-order valence-corrected chi connectivity index (χ2v) is 5.25. The molecule has 2 saturated heterocycles. The predicted octanol–water partition coefficient (Wildman–Crippen LogP) is 1.73. The molecule has 0 aliphatic carbocycles. The summed E-state index contributed by atoms with van der Waals surface area (Å²) in [6, 6.07) is 4.22. The standard InChI is InChI=1S/C14H20N2O2/c1-12-3-4-13(15-9-12)10-16-6-2-5-14(11-16)17-7-8-18-14/h3-4,9H,2,5-8,10-11H2,1H3. The number of hydrogen-bond acceptors (Lipinski definition) is 4. The molecular weight excluding hydrogens is 228 g/mol. The van der Waals surface area contributed by atoms with Gasteiger partial charge in [0, 0.05) is 19.2 Å². The van der Waals surface area contributed by atoms with Crippen molar-refractivity contribution in [3.63, 3.8) is 0 Å². The molecule has 3 heterocycles. The van der Waals surface area contributed by atoms with E-state index in [9.17, 15) is 0 Å². The van der Waals surface area contributed by atoms with Crippen molar-refractivity contribution in [3.8, 4) is 0 Å². The number of nitrogens with zero attached hydrogens (tertiary/aromatic N) is 2. The average Bonchev–Trinajstić information content (AvgIpc) is 2.80. The predicted molar refractivity (Wildman–Crippen MR) is 68.1 cm³/mol. The van der Waals surface area contributed by atoms with Crippen molar-refractivity contribution in [3.05, 3.63) is 29.6 Å². The Labute approximate surface area is 108 Å². The van der Waals surface area contributed by atoms with E-state index >= 15 is 0 Å². The first-order chi connectivity index (χ1) is 8.76. The van der Waals surface area contributed by atoms with E-state index < -0.39 is 0 Å². The van der Waals surface area contributed by atoms with Crippen molar-refractivity contribution in [2.75, 3.05) is 26.3 Å². The third-order valence-corrected chi connectivity index (χ3v) is 3.67. The SMILES string of the molecule is Cc1ccc(CN2CCCC3(C2)OCCO3)nc1. The fourth-order valence-corrected chi connectivity index (χ4v) is 2.76. The van der Waals surface area contributed by atoms with Crippen molar-refractivity contribution >= 4 is 0 Å². The van der Waals surface area contributed by atoms with Gasteiger partial charge in [-0.05, 0) is 31.5 Å². The molecule has 18 heavy (non-hydrogen) atoms. The second-order valence-electron chi connectivity index (χ2n) is 5.25. The molecule has 1 aromatic heterocycles. The van der Waals surface area contributed by atoms with Crippen molar-refractivity contribution in [2.45, 2.75) is 32.1 Å². The van der Waals surface area contributed by atoms with Crippen LogP contribution in [0.5, 0.6) is 0 Å². The highest BCUT2D eigenvalue weighted by atomic mass is 16.7. The molecule has 0 unspecified atom stereocenters. The summed E-state index contributed by atoms with van der Waals surface area (Å²) in [6.45, 7) is 6.38. The fourth-order valence-electron chi connectivity index (χ4n) is 2.76. The monoisotopic (exact) mass is 248 g/mol. The molecule has 0 atom stereocenters. The van der Waals surface area contributed by atoms with E-state index in [1.807, 2.05) is 6.20 Å². The molecular formula is C14H20N2O2. The molecule has 0 bridgehead atoms. The molecule has 4 heteroatoms. The van der Waals surface area contributed by atoms with Crippen LogP contribution in [0.3, 0.4) is 0 Å². The minimum absolute atomic E-state index is 0.330. The molecule has 4 nitrogen and oxygen atoms in total. The summed E-state index contributed by atoms with van der Waals surface area (Å²) >= 11 is 0. The molecule has 2 fully saturated rings. The Hall–Kier alpha value is -0.970. The molecule has 0 amide bonds. The molecule has 0 N–H and O–H groups in total. The van der Waals surface area contributed by atoms with Gasteiger partial charge in [0.15, 0.2) is 5.79 Å². The van der Waals surface area contributed by atoms with E-state index in [1.54, 1.807) is 0 Å². The largest absolute Gasteiger partial charge is 0.346 e. The number of hydrogen-bond donors (Lipinski definition) is 0. The van der Waals surface area contributed by atoms with E-state index in [1.165, 1.54) is 5.56 Å². The summed E-state index contributed by atoms with van der Waals surface area (Å²) in [5.41, 5.74) is 2.33. The molecule has 0 aromatic carbocycles. The van der Waals surface area contributed by atoms with E-state index in [-0.39, 0.29) is 5.79 Å². The van der Waals surface area contributed by atoms with Crippen LogP contribution in [0.2, 0.25) is 0 Å². The van der Waals surface area contributed by atoms with Crippen LogP contribution < -0.4 is 0 Å². The first kappa shape index (κ1) is 12.1. The minimum atomic E-state index is -0.330. The molecule has 2 aliphatic rings. The maximum absolute atomic E-state index is 5.78. The van der Waals surface area contributed by atoms with Gasteiger partial charge in [-0.2, -0.15) is 0 Å². The Morgan fingerprint density at radius 3 is 2.89 bits per heavy atom. The van der Waals surface area contributed by atoms with E-state index in [0.717, 1.165) is 51.4 Å². The second kappa shape index (κ2) is 4.96. The lowest BCUT2D eigenvalue weighted by Crippen LogP contribution is -2.48. The van der Waals surface area contributed by atoms with E-state index in [4.69, 9.17) is 9.47 Å². The molecule has 98 valence electrons.